The van der Waals surface area contributed by atoms with Crippen molar-refractivity contribution in [3.63, 3.8) is 0 Å². The van der Waals surface area contributed by atoms with Crippen LogP contribution in [0.1, 0.15) is 31.6 Å². The molecule has 0 aromatic carbocycles. The van der Waals surface area contributed by atoms with Crippen molar-refractivity contribution in [2.75, 3.05) is 13.2 Å². The molecule has 2 rings (SSSR count). The molecule has 0 spiro atoms. The second-order valence-corrected chi connectivity index (χ2v) is 4.02. The Morgan fingerprint density at radius 1 is 1.57 bits per heavy atom. The van der Waals surface area contributed by atoms with E-state index in [2.05, 4.69) is 18.8 Å². The minimum Gasteiger partial charge on any atom is -0.388 e. The third kappa shape index (κ3) is 1.55. The van der Waals surface area contributed by atoms with Gasteiger partial charge in [0.15, 0.2) is 0 Å². The molecule has 2 atom stereocenters. The minimum absolute atomic E-state index is 0.0369. The molecule has 4 heteroatoms. The first kappa shape index (κ1) is 9.68. The van der Waals surface area contributed by atoms with Gasteiger partial charge in [0.05, 0.1) is 19.3 Å². The lowest BCUT2D eigenvalue weighted by Gasteiger charge is -2.18. The molecular weight excluding hydrogens is 180 g/mol. The molecule has 1 aromatic heterocycles. The lowest BCUT2D eigenvalue weighted by atomic mass is 10.1. The van der Waals surface area contributed by atoms with Crippen LogP contribution in [-0.4, -0.2) is 34.0 Å². The van der Waals surface area contributed by atoms with E-state index in [0.717, 1.165) is 5.82 Å². The van der Waals surface area contributed by atoms with Crippen LogP contribution in [0.4, 0.5) is 0 Å². The summed E-state index contributed by atoms with van der Waals surface area (Å²) in [6.45, 7) is 5.21. The van der Waals surface area contributed by atoms with E-state index in [1.807, 2.05) is 10.8 Å². The summed E-state index contributed by atoms with van der Waals surface area (Å²) in [6.07, 6.45) is 3.29. The number of imidazole rings is 1. The summed E-state index contributed by atoms with van der Waals surface area (Å²) in [7, 11) is 0. The van der Waals surface area contributed by atoms with Gasteiger partial charge in [0.25, 0.3) is 0 Å². The molecule has 0 saturated carbocycles. The van der Waals surface area contributed by atoms with Gasteiger partial charge >= 0.3 is 0 Å². The highest BCUT2D eigenvalue weighted by Gasteiger charge is 2.29. The first-order valence-corrected chi connectivity index (χ1v) is 4.98. The third-order valence-corrected chi connectivity index (χ3v) is 2.59. The summed E-state index contributed by atoms with van der Waals surface area (Å²) in [5, 5.41) is 9.69. The van der Waals surface area contributed by atoms with Gasteiger partial charge in [-0.25, -0.2) is 4.98 Å². The summed E-state index contributed by atoms with van der Waals surface area (Å²) in [4.78, 5) is 4.29. The Kier molecular flexibility index (Phi) is 2.56. The number of aromatic nitrogens is 2. The van der Waals surface area contributed by atoms with E-state index in [0.29, 0.717) is 19.1 Å². The van der Waals surface area contributed by atoms with Crippen LogP contribution in [0.3, 0.4) is 0 Å². The Morgan fingerprint density at radius 3 is 2.93 bits per heavy atom. The van der Waals surface area contributed by atoms with Crippen LogP contribution < -0.4 is 0 Å². The Morgan fingerprint density at radius 2 is 2.36 bits per heavy atom. The van der Waals surface area contributed by atoms with Crippen molar-refractivity contribution in [1.82, 2.24) is 9.55 Å². The van der Waals surface area contributed by atoms with Crippen LogP contribution in [-0.2, 0) is 4.74 Å². The summed E-state index contributed by atoms with van der Waals surface area (Å²) in [6, 6.07) is 0.0369. The van der Waals surface area contributed by atoms with E-state index in [1.54, 1.807) is 6.20 Å². The Labute approximate surface area is 83.5 Å². The van der Waals surface area contributed by atoms with Gasteiger partial charge in [-0.2, -0.15) is 0 Å². The fourth-order valence-electron chi connectivity index (χ4n) is 1.85. The number of ether oxygens (including phenoxy) is 1. The largest absolute Gasteiger partial charge is 0.388 e. The number of hydrogen-bond acceptors (Lipinski definition) is 3. The second kappa shape index (κ2) is 3.71. The van der Waals surface area contributed by atoms with Crippen LogP contribution in [0.25, 0.3) is 0 Å². The van der Waals surface area contributed by atoms with E-state index in [9.17, 15) is 5.11 Å². The van der Waals surface area contributed by atoms with Gasteiger partial charge < -0.3 is 14.4 Å². The Balaban J connectivity index is 2.26. The van der Waals surface area contributed by atoms with Crippen molar-refractivity contribution < 1.29 is 9.84 Å². The molecular formula is C10H16N2O2. The van der Waals surface area contributed by atoms with Crippen LogP contribution in [0.15, 0.2) is 12.4 Å². The molecule has 2 heterocycles. The van der Waals surface area contributed by atoms with E-state index in [4.69, 9.17) is 4.74 Å². The molecule has 1 fully saturated rings. The van der Waals surface area contributed by atoms with Crippen LogP contribution in [0.5, 0.6) is 0 Å². The zero-order valence-electron chi connectivity index (χ0n) is 8.55. The summed E-state index contributed by atoms with van der Waals surface area (Å²) in [5.41, 5.74) is 0. The van der Waals surface area contributed by atoms with Crippen LogP contribution in [0, 0.1) is 0 Å². The molecule has 4 nitrogen and oxygen atoms in total. The van der Waals surface area contributed by atoms with Gasteiger partial charge in [-0.15, -0.1) is 0 Å². The van der Waals surface area contributed by atoms with Gasteiger partial charge in [-0.05, 0) is 0 Å². The molecule has 14 heavy (non-hydrogen) atoms. The molecule has 1 aromatic rings. The van der Waals surface area contributed by atoms with Crippen molar-refractivity contribution in [2.24, 2.45) is 0 Å². The average molecular weight is 196 g/mol. The molecule has 0 amide bonds. The molecule has 1 N–H and O–H groups in total. The Hall–Kier alpha value is -0.870. The number of nitrogens with zero attached hydrogens (tertiary/aromatic N) is 2. The van der Waals surface area contributed by atoms with E-state index < -0.39 is 6.10 Å². The fraction of sp³-hybridized carbons (Fsp3) is 0.700. The maximum absolute atomic E-state index is 9.69. The highest BCUT2D eigenvalue weighted by Crippen LogP contribution is 2.24. The monoisotopic (exact) mass is 196 g/mol. The van der Waals surface area contributed by atoms with E-state index in [1.165, 1.54) is 0 Å². The normalized spacial score (nSPS) is 27.4. The second-order valence-electron chi connectivity index (χ2n) is 4.02. The molecule has 0 unspecified atom stereocenters. The van der Waals surface area contributed by atoms with Crippen molar-refractivity contribution in [2.45, 2.75) is 31.9 Å². The number of aliphatic hydroxyl groups is 1. The molecule has 0 bridgehead atoms. The van der Waals surface area contributed by atoms with Crippen LogP contribution >= 0.6 is 0 Å². The average Bonchev–Trinajstić information content (AvgIpc) is 2.70. The van der Waals surface area contributed by atoms with Gasteiger partial charge in [-0.1, -0.05) is 13.8 Å². The topological polar surface area (TPSA) is 47.3 Å². The van der Waals surface area contributed by atoms with Crippen molar-refractivity contribution in [1.29, 1.82) is 0 Å². The quantitative estimate of drug-likeness (QED) is 0.765. The first-order chi connectivity index (χ1) is 6.70. The zero-order valence-corrected chi connectivity index (χ0v) is 8.55. The Bertz CT molecular complexity index is 309. The van der Waals surface area contributed by atoms with Crippen molar-refractivity contribution >= 4 is 0 Å². The van der Waals surface area contributed by atoms with Gasteiger partial charge in [-0.3, -0.25) is 0 Å². The molecule has 0 aliphatic carbocycles. The predicted molar refractivity (Wildman–Crippen MR) is 52.2 cm³/mol. The molecule has 1 aliphatic heterocycles. The maximum atomic E-state index is 9.69. The highest BCUT2D eigenvalue weighted by atomic mass is 16.5. The number of hydrogen-bond donors (Lipinski definition) is 1. The summed E-state index contributed by atoms with van der Waals surface area (Å²) >= 11 is 0. The molecule has 78 valence electrons. The smallest absolute Gasteiger partial charge is 0.111 e. The molecule has 1 aliphatic rings. The maximum Gasteiger partial charge on any atom is 0.111 e. The van der Waals surface area contributed by atoms with E-state index in [-0.39, 0.29) is 6.04 Å². The first-order valence-electron chi connectivity index (χ1n) is 4.98. The van der Waals surface area contributed by atoms with Gasteiger partial charge in [0.2, 0.25) is 0 Å². The minimum atomic E-state index is -0.401. The SMILES string of the molecule is CC(C)c1nccn1[C@@H]1COC[C@@H]1O. The standard InChI is InChI=1S/C10H16N2O2/c1-7(2)10-11-3-4-12(10)8-5-14-6-9(8)13/h3-4,7-9,13H,5-6H2,1-2H3/t8-,9+/m1/s1. The lowest BCUT2D eigenvalue weighted by molar-refractivity contribution is 0.119. The van der Waals surface area contributed by atoms with Gasteiger partial charge in [0, 0.05) is 18.3 Å². The van der Waals surface area contributed by atoms with Crippen LogP contribution in [0.2, 0.25) is 0 Å². The lowest BCUT2D eigenvalue weighted by Crippen LogP contribution is -2.23. The number of rotatable bonds is 2. The summed E-state index contributed by atoms with van der Waals surface area (Å²) < 4.78 is 7.26. The third-order valence-electron chi connectivity index (χ3n) is 2.59. The van der Waals surface area contributed by atoms with Crippen molar-refractivity contribution in [3.8, 4) is 0 Å². The number of aliphatic hydroxyl groups excluding tert-OH is 1. The van der Waals surface area contributed by atoms with Crippen molar-refractivity contribution in [3.05, 3.63) is 18.2 Å². The fourth-order valence-corrected chi connectivity index (χ4v) is 1.85. The molecule has 1 saturated heterocycles. The zero-order chi connectivity index (χ0) is 10.1. The molecule has 0 radical (unpaired) electrons. The van der Waals surface area contributed by atoms with E-state index >= 15 is 0 Å². The van der Waals surface area contributed by atoms with Gasteiger partial charge in [0.1, 0.15) is 11.9 Å². The highest BCUT2D eigenvalue weighted by molar-refractivity contribution is 5.02. The summed E-state index contributed by atoms with van der Waals surface area (Å²) in [5.74, 6) is 1.39. The predicted octanol–water partition coefficient (Wildman–Crippen LogP) is 0.939.